The topological polar surface area (TPSA) is 70.0 Å². The summed E-state index contributed by atoms with van der Waals surface area (Å²) in [4.78, 5) is 0.223. The maximum absolute atomic E-state index is 12.2. The van der Waals surface area contributed by atoms with Gasteiger partial charge < -0.3 is 0 Å². The molecule has 2 rings (SSSR count). The SMILES string of the molecule is CCC1(NS(=O)(=O)c2ccc(C#N)cc2)CCC1. The van der Waals surface area contributed by atoms with Crippen LogP contribution < -0.4 is 4.72 Å². The Bertz CT molecular complexity index is 560. The van der Waals surface area contributed by atoms with Gasteiger partial charge in [-0.05, 0) is 49.9 Å². The van der Waals surface area contributed by atoms with Gasteiger partial charge >= 0.3 is 0 Å². The zero-order valence-electron chi connectivity index (χ0n) is 10.3. The monoisotopic (exact) mass is 264 g/mol. The molecule has 1 fully saturated rings. The second-order valence-corrected chi connectivity index (χ2v) is 6.41. The molecule has 1 aliphatic carbocycles. The Morgan fingerprint density at radius 1 is 1.33 bits per heavy atom. The molecular formula is C13H16N2O2S. The highest BCUT2D eigenvalue weighted by Crippen LogP contribution is 2.36. The van der Waals surface area contributed by atoms with E-state index in [0.717, 1.165) is 25.7 Å². The van der Waals surface area contributed by atoms with Crippen LogP contribution in [0.15, 0.2) is 29.2 Å². The molecule has 0 unspecified atom stereocenters. The molecule has 0 radical (unpaired) electrons. The summed E-state index contributed by atoms with van der Waals surface area (Å²) < 4.78 is 27.2. The van der Waals surface area contributed by atoms with Gasteiger partial charge in [0.05, 0.1) is 16.5 Å². The summed E-state index contributed by atoms with van der Waals surface area (Å²) in [6.07, 6.45) is 3.68. The molecule has 18 heavy (non-hydrogen) atoms. The van der Waals surface area contributed by atoms with Crippen LogP contribution in [0.25, 0.3) is 0 Å². The summed E-state index contributed by atoms with van der Waals surface area (Å²) in [5.41, 5.74) is 0.204. The van der Waals surface area contributed by atoms with Crippen molar-refractivity contribution in [3.8, 4) is 6.07 Å². The number of benzene rings is 1. The smallest absolute Gasteiger partial charge is 0.207 e. The highest BCUT2D eigenvalue weighted by molar-refractivity contribution is 7.89. The van der Waals surface area contributed by atoms with E-state index in [2.05, 4.69) is 4.72 Å². The van der Waals surface area contributed by atoms with Crippen molar-refractivity contribution in [2.75, 3.05) is 0 Å². The van der Waals surface area contributed by atoms with E-state index in [1.54, 1.807) is 0 Å². The summed E-state index contributed by atoms with van der Waals surface area (Å²) in [5.74, 6) is 0. The zero-order chi connectivity index (χ0) is 13.2. The van der Waals surface area contributed by atoms with Gasteiger partial charge in [0.15, 0.2) is 0 Å². The van der Waals surface area contributed by atoms with Crippen LogP contribution in [0, 0.1) is 11.3 Å². The number of hydrogen-bond donors (Lipinski definition) is 1. The van der Waals surface area contributed by atoms with E-state index in [-0.39, 0.29) is 10.4 Å². The fourth-order valence-corrected chi connectivity index (χ4v) is 3.71. The van der Waals surface area contributed by atoms with Crippen molar-refractivity contribution < 1.29 is 8.42 Å². The van der Waals surface area contributed by atoms with E-state index in [4.69, 9.17) is 5.26 Å². The Morgan fingerprint density at radius 2 is 1.94 bits per heavy atom. The van der Waals surface area contributed by atoms with Gasteiger partial charge in [-0.3, -0.25) is 0 Å². The summed E-state index contributed by atoms with van der Waals surface area (Å²) in [6.45, 7) is 2.00. The number of nitrogens with zero attached hydrogens (tertiary/aromatic N) is 1. The molecule has 0 spiro atoms. The molecule has 0 aromatic heterocycles. The molecule has 0 bridgehead atoms. The fourth-order valence-electron chi connectivity index (χ4n) is 2.18. The largest absolute Gasteiger partial charge is 0.241 e. The van der Waals surface area contributed by atoms with E-state index in [1.165, 1.54) is 24.3 Å². The minimum absolute atomic E-state index is 0.223. The highest BCUT2D eigenvalue weighted by atomic mass is 32.2. The van der Waals surface area contributed by atoms with Crippen LogP contribution in [0.2, 0.25) is 0 Å². The molecule has 1 saturated carbocycles. The van der Waals surface area contributed by atoms with Crippen LogP contribution >= 0.6 is 0 Å². The summed E-state index contributed by atoms with van der Waals surface area (Å²) in [6, 6.07) is 7.97. The Balaban J connectivity index is 2.22. The van der Waals surface area contributed by atoms with E-state index >= 15 is 0 Å². The first-order chi connectivity index (χ1) is 8.51. The summed E-state index contributed by atoms with van der Waals surface area (Å²) in [5, 5.41) is 8.69. The van der Waals surface area contributed by atoms with Crippen molar-refractivity contribution >= 4 is 10.0 Å². The molecule has 4 nitrogen and oxygen atoms in total. The van der Waals surface area contributed by atoms with Gasteiger partial charge in [-0.25, -0.2) is 13.1 Å². The third-order valence-electron chi connectivity index (χ3n) is 3.63. The van der Waals surface area contributed by atoms with Gasteiger partial charge in [0.25, 0.3) is 0 Å². The molecule has 5 heteroatoms. The maximum Gasteiger partial charge on any atom is 0.241 e. The molecule has 1 aromatic rings. The molecule has 0 saturated heterocycles. The predicted octanol–water partition coefficient (Wildman–Crippen LogP) is 2.17. The lowest BCUT2D eigenvalue weighted by Gasteiger charge is -2.41. The Morgan fingerprint density at radius 3 is 2.33 bits per heavy atom. The predicted molar refractivity (Wildman–Crippen MR) is 68.4 cm³/mol. The highest BCUT2D eigenvalue weighted by Gasteiger charge is 2.38. The lowest BCUT2D eigenvalue weighted by molar-refractivity contribution is 0.214. The van der Waals surface area contributed by atoms with Crippen molar-refractivity contribution in [2.45, 2.75) is 43.0 Å². The average Bonchev–Trinajstić information content (AvgIpc) is 2.34. The Labute approximate surface area is 108 Å². The Kier molecular flexibility index (Phi) is 3.42. The first-order valence-electron chi connectivity index (χ1n) is 6.05. The van der Waals surface area contributed by atoms with E-state index in [1.807, 2.05) is 13.0 Å². The first-order valence-corrected chi connectivity index (χ1v) is 7.54. The lowest BCUT2D eigenvalue weighted by atomic mass is 9.76. The van der Waals surface area contributed by atoms with Gasteiger partial charge in [-0.1, -0.05) is 6.92 Å². The number of hydrogen-bond acceptors (Lipinski definition) is 3. The van der Waals surface area contributed by atoms with Crippen molar-refractivity contribution in [1.82, 2.24) is 4.72 Å². The van der Waals surface area contributed by atoms with Crippen molar-refractivity contribution in [2.24, 2.45) is 0 Å². The second-order valence-electron chi connectivity index (χ2n) is 4.73. The zero-order valence-corrected chi connectivity index (χ0v) is 11.1. The number of sulfonamides is 1. The number of nitrogens with one attached hydrogen (secondary N) is 1. The summed E-state index contributed by atoms with van der Waals surface area (Å²) in [7, 11) is -3.48. The Hall–Kier alpha value is -1.38. The van der Waals surface area contributed by atoms with Crippen molar-refractivity contribution in [1.29, 1.82) is 5.26 Å². The number of nitriles is 1. The molecule has 96 valence electrons. The molecule has 0 atom stereocenters. The third kappa shape index (κ3) is 2.40. The van der Waals surface area contributed by atoms with Gasteiger partial charge in [-0.15, -0.1) is 0 Å². The fraction of sp³-hybridized carbons (Fsp3) is 0.462. The van der Waals surface area contributed by atoms with Crippen LogP contribution in [0.4, 0.5) is 0 Å². The third-order valence-corrected chi connectivity index (χ3v) is 5.23. The average molecular weight is 264 g/mol. The molecule has 0 amide bonds. The molecular weight excluding hydrogens is 248 g/mol. The second kappa shape index (κ2) is 4.71. The standard InChI is InChI=1S/C13H16N2O2S/c1-2-13(8-3-9-13)15-18(16,17)12-6-4-11(10-14)5-7-12/h4-7,15H,2-3,8-9H2,1H3. The molecule has 0 aliphatic heterocycles. The molecule has 0 heterocycles. The van der Waals surface area contributed by atoms with Gasteiger partial charge in [0.2, 0.25) is 10.0 Å². The van der Waals surface area contributed by atoms with Crippen molar-refractivity contribution in [3.63, 3.8) is 0 Å². The van der Waals surface area contributed by atoms with E-state index < -0.39 is 10.0 Å². The first kappa shape index (κ1) is 13.1. The van der Waals surface area contributed by atoms with E-state index in [0.29, 0.717) is 5.56 Å². The summed E-state index contributed by atoms with van der Waals surface area (Å²) >= 11 is 0. The van der Waals surface area contributed by atoms with Crippen molar-refractivity contribution in [3.05, 3.63) is 29.8 Å². The molecule has 1 aliphatic rings. The van der Waals surface area contributed by atoms with Crippen LogP contribution in [-0.4, -0.2) is 14.0 Å². The quantitative estimate of drug-likeness (QED) is 0.906. The lowest BCUT2D eigenvalue weighted by Crippen LogP contribution is -2.52. The molecule has 1 aromatic carbocycles. The van der Waals surface area contributed by atoms with Gasteiger partial charge in [0, 0.05) is 5.54 Å². The van der Waals surface area contributed by atoms with E-state index in [9.17, 15) is 8.42 Å². The van der Waals surface area contributed by atoms with Crippen LogP contribution in [0.3, 0.4) is 0 Å². The minimum atomic E-state index is -3.48. The van der Waals surface area contributed by atoms with Gasteiger partial charge in [-0.2, -0.15) is 5.26 Å². The maximum atomic E-state index is 12.2. The minimum Gasteiger partial charge on any atom is -0.207 e. The van der Waals surface area contributed by atoms with Crippen LogP contribution in [0.1, 0.15) is 38.2 Å². The van der Waals surface area contributed by atoms with Gasteiger partial charge in [0.1, 0.15) is 0 Å². The van der Waals surface area contributed by atoms with Crippen LogP contribution in [0.5, 0.6) is 0 Å². The van der Waals surface area contributed by atoms with Crippen LogP contribution in [-0.2, 0) is 10.0 Å². The number of rotatable bonds is 4. The normalized spacial score (nSPS) is 17.8. The molecule has 1 N–H and O–H groups in total.